The van der Waals surface area contributed by atoms with E-state index in [1.54, 1.807) is 0 Å². The van der Waals surface area contributed by atoms with Crippen molar-refractivity contribution >= 4 is 0 Å². The number of allylic oxidation sites excluding steroid dienone is 1. The Morgan fingerprint density at radius 1 is 0.976 bits per heavy atom. The summed E-state index contributed by atoms with van der Waals surface area (Å²) in [6.07, 6.45) is 6.24. The molecule has 4 aliphatic carbocycles. The molecule has 0 aromatic heterocycles. The van der Waals surface area contributed by atoms with Crippen LogP contribution in [0.25, 0.3) is 0 Å². The highest BCUT2D eigenvalue weighted by atomic mass is 16.7. The van der Waals surface area contributed by atoms with Gasteiger partial charge in [-0.15, -0.1) is 0 Å². The Labute approximate surface area is 244 Å². The molecule has 7 aliphatic rings. The summed E-state index contributed by atoms with van der Waals surface area (Å²) in [5.74, 6) is 3.28. The predicted molar refractivity (Wildman–Crippen MR) is 150 cm³/mol. The molecule has 3 saturated carbocycles. The Morgan fingerprint density at radius 2 is 1.78 bits per heavy atom. The van der Waals surface area contributed by atoms with E-state index in [0.717, 1.165) is 45.1 Å². The zero-order valence-corrected chi connectivity index (χ0v) is 25.3. The van der Waals surface area contributed by atoms with Crippen LogP contribution in [0.3, 0.4) is 0 Å². The van der Waals surface area contributed by atoms with Gasteiger partial charge in [0.15, 0.2) is 12.1 Å². The average Bonchev–Trinajstić information content (AvgIpc) is 3.40. The molecular weight excluding hydrogens is 524 g/mol. The van der Waals surface area contributed by atoms with E-state index < -0.39 is 37.3 Å². The van der Waals surface area contributed by atoms with Gasteiger partial charge < -0.3 is 39.4 Å². The largest absolute Gasteiger partial charge is 0.394 e. The lowest BCUT2D eigenvalue weighted by Gasteiger charge is -2.58. The van der Waals surface area contributed by atoms with Crippen molar-refractivity contribution in [2.24, 2.45) is 46.3 Å². The predicted octanol–water partition coefficient (Wildman–Crippen LogP) is 3.54. The molecule has 4 N–H and O–H groups in total. The van der Waals surface area contributed by atoms with Crippen LogP contribution < -0.4 is 0 Å². The quantitative estimate of drug-likeness (QED) is 0.377. The smallest absolute Gasteiger partial charge is 0.186 e. The van der Waals surface area contributed by atoms with E-state index in [4.69, 9.17) is 18.9 Å². The van der Waals surface area contributed by atoms with Crippen molar-refractivity contribution in [3.63, 3.8) is 0 Å². The minimum absolute atomic E-state index is 0.129. The molecule has 0 aromatic carbocycles. The normalized spacial score (nSPS) is 58.3. The first-order valence-corrected chi connectivity index (χ1v) is 16.5. The molecule has 0 amide bonds. The van der Waals surface area contributed by atoms with Crippen LogP contribution in [-0.4, -0.2) is 82.3 Å². The van der Waals surface area contributed by atoms with E-state index in [1.165, 1.54) is 24.8 Å². The van der Waals surface area contributed by atoms with Gasteiger partial charge in [0.2, 0.25) is 0 Å². The van der Waals surface area contributed by atoms with Crippen molar-refractivity contribution in [3.8, 4) is 0 Å². The number of ether oxygens (including phenoxy) is 4. The first-order chi connectivity index (χ1) is 19.5. The van der Waals surface area contributed by atoms with Crippen LogP contribution >= 0.6 is 0 Å². The van der Waals surface area contributed by atoms with Crippen LogP contribution in [0.2, 0.25) is 0 Å². The molecule has 0 unspecified atom stereocenters. The van der Waals surface area contributed by atoms with Crippen molar-refractivity contribution in [1.82, 2.24) is 0 Å². The molecule has 6 fully saturated rings. The number of aliphatic hydroxyl groups is 4. The summed E-state index contributed by atoms with van der Waals surface area (Å²) in [7, 11) is 0. The van der Waals surface area contributed by atoms with Gasteiger partial charge in [-0.05, 0) is 91.8 Å². The van der Waals surface area contributed by atoms with E-state index in [2.05, 4.69) is 33.8 Å². The number of hydrogen-bond acceptors (Lipinski definition) is 8. The summed E-state index contributed by atoms with van der Waals surface area (Å²) in [5, 5.41) is 40.4. The molecule has 8 nitrogen and oxygen atoms in total. The molecule has 1 spiro atoms. The van der Waals surface area contributed by atoms with Gasteiger partial charge >= 0.3 is 0 Å². The van der Waals surface area contributed by atoms with Crippen LogP contribution in [-0.2, 0) is 18.9 Å². The molecule has 0 aromatic rings. The standard InChI is InChI=1S/C33H52O8/c1-17-7-12-33(38-16-17)18(2)26-24(41-33)14-23-21-6-5-19-13-20(8-10-31(19,3)22(21)9-11-32(23,26)4)39-30-29(37)28(36)27(35)25(15-34)40-30/h5,17-18,20-30,34-37H,6-16H2,1-4H3/t17-,18+,20-,21-,22-,23+,24+,25-,26+,27-,28+,29-,30-,31+,32-,33+/m1/s1. The number of fused-ring (bicyclic) bond motifs is 7. The van der Waals surface area contributed by atoms with Crippen LogP contribution in [0.15, 0.2) is 11.6 Å². The number of rotatable bonds is 3. The monoisotopic (exact) mass is 576 g/mol. The SMILES string of the molecule is C[C@@H]1CC[C@]2(OC1)O[C@H]1C[C@H]3[C@@H]4CC=C5C[C@H](O[C@@H]6O[C@H](CO)[C@@H](O)[C@H](O)[C@H]6O)CC[C@]5(C)[C@@H]4CC[C@@]3(C)[C@H]1[C@@H]2C. The zero-order chi connectivity index (χ0) is 28.9. The maximum absolute atomic E-state index is 10.5. The maximum atomic E-state index is 10.5. The van der Waals surface area contributed by atoms with Crippen LogP contribution in [0.4, 0.5) is 0 Å². The third-order valence-electron chi connectivity index (χ3n) is 13.5. The first-order valence-electron chi connectivity index (χ1n) is 16.5. The fourth-order valence-electron chi connectivity index (χ4n) is 11.1. The highest BCUT2D eigenvalue weighted by molar-refractivity contribution is 5.26. The van der Waals surface area contributed by atoms with Crippen LogP contribution in [0.1, 0.15) is 85.5 Å². The minimum atomic E-state index is -1.41. The second kappa shape index (κ2) is 10.2. The molecule has 0 radical (unpaired) electrons. The molecule has 7 rings (SSSR count). The Morgan fingerprint density at radius 3 is 2.51 bits per heavy atom. The fraction of sp³-hybridized carbons (Fsp3) is 0.939. The topological polar surface area (TPSA) is 118 Å². The lowest BCUT2D eigenvalue weighted by Crippen LogP contribution is -2.60. The first kappa shape index (κ1) is 29.1. The van der Waals surface area contributed by atoms with Gasteiger partial charge in [-0.2, -0.15) is 0 Å². The molecule has 232 valence electrons. The Bertz CT molecular complexity index is 1020. The van der Waals surface area contributed by atoms with Gasteiger partial charge in [-0.25, -0.2) is 0 Å². The van der Waals surface area contributed by atoms with Gasteiger partial charge in [0.25, 0.3) is 0 Å². The summed E-state index contributed by atoms with van der Waals surface area (Å²) in [6, 6.07) is 0. The van der Waals surface area contributed by atoms with E-state index in [-0.39, 0.29) is 17.3 Å². The zero-order valence-electron chi connectivity index (χ0n) is 25.3. The number of hydrogen-bond donors (Lipinski definition) is 4. The van der Waals surface area contributed by atoms with E-state index in [0.29, 0.717) is 47.0 Å². The molecule has 3 aliphatic heterocycles. The van der Waals surface area contributed by atoms with Crippen LogP contribution in [0, 0.1) is 46.3 Å². The van der Waals surface area contributed by atoms with Gasteiger partial charge in [0.1, 0.15) is 24.4 Å². The van der Waals surface area contributed by atoms with Gasteiger partial charge in [-0.3, -0.25) is 0 Å². The van der Waals surface area contributed by atoms with Crippen molar-refractivity contribution in [2.45, 2.75) is 134 Å². The van der Waals surface area contributed by atoms with Gasteiger partial charge in [-0.1, -0.05) is 39.3 Å². The Balaban J connectivity index is 1.05. The lowest BCUT2D eigenvalue weighted by molar-refractivity contribution is -0.313. The average molecular weight is 577 g/mol. The van der Waals surface area contributed by atoms with Crippen molar-refractivity contribution in [2.75, 3.05) is 13.2 Å². The highest BCUT2D eigenvalue weighted by Crippen LogP contribution is 2.70. The highest BCUT2D eigenvalue weighted by Gasteiger charge is 2.68. The molecule has 3 saturated heterocycles. The summed E-state index contributed by atoms with van der Waals surface area (Å²) >= 11 is 0. The summed E-state index contributed by atoms with van der Waals surface area (Å²) < 4.78 is 25.3. The van der Waals surface area contributed by atoms with E-state index in [1.807, 2.05) is 0 Å². The molecule has 0 bridgehead atoms. The van der Waals surface area contributed by atoms with Gasteiger partial charge in [0.05, 0.1) is 25.4 Å². The molecule has 41 heavy (non-hydrogen) atoms. The summed E-state index contributed by atoms with van der Waals surface area (Å²) in [5.41, 5.74) is 1.91. The maximum Gasteiger partial charge on any atom is 0.186 e. The van der Waals surface area contributed by atoms with E-state index >= 15 is 0 Å². The molecule has 16 atom stereocenters. The third-order valence-corrected chi connectivity index (χ3v) is 13.5. The molecule has 3 heterocycles. The Kier molecular flexibility index (Phi) is 7.27. The van der Waals surface area contributed by atoms with Crippen molar-refractivity contribution < 1.29 is 39.4 Å². The van der Waals surface area contributed by atoms with Crippen molar-refractivity contribution in [1.29, 1.82) is 0 Å². The molecule has 8 heteroatoms. The van der Waals surface area contributed by atoms with Gasteiger partial charge in [0, 0.05) is 12.3 Å². The minimum Gasteiger partial charge on any atom is -0.394 e. The molecular formula is C33H52O8. The van der Waals surface area contributed by atoms with E-state index in [9.17, 15) is 20.4 Å². The fourth-order valence-corrected chi connectivity index (χ4v) is 11.1. The van der Waals surface area contributed by atoms with Crippen LogP contribution in [0.5, 0.6) is 0 Å². The summed E-state index contributed by atoms with van der Waals surface area (Å²) in [6.45, 7) is 10.1. The lowest BCUT2D eigenvalue weighted by atomic mass is 9.47. The third kappa shape index (κ3) is 4.29. The summed E-state index contributed by atoms with van der Waals surface area (Å²) in [4.78, 5) is 0. The van der Waals surface area contributed by atoms with Crippen molar-refractivity contribution in [3.05, 3.63) is 11.6 Å². The second-order valence-corrected chi connectivity index (χ2v) is 15.5. The Hall–Kier alpha value is -0.580. The number of aliphatic hydroxyl groups excluding tert-OH is 4. The second-order valence-electron chi connectivity index (χ2n) is 15.5.